The molecule has 0 spiro atoms. The van der Waals surface area contributed by atoms with Crippen LogP contribution >= 0.6 is 11.3 Å². The molecule has 1 atom stereocenters. The Balaban J connectivity index is 2.02. The van der Waals surface area contributed by atoms with Crippen LogP contribution in [-0.4, -0.2) is 17.9 Å². The Labute approximate surface area is 127 Å². The molecule has 1 aromatic carbocycles. The highest BCUT2D eigenvalue weighted by atomic mass is 32.1. The molecule has 0 N–H and O–H groups in total. The molecule has 1 heterocycles. The van der Waals surface area contributed by atoms with Gasteiger partial charge in [-0.15, -0.1) is 0 Å². The first-order valence-electron chi connectivity index (χ1n) is 6.70. The topological polar surface area (TPSA) is 20.3 Å². The van der Waals surface area contributed by atoms with Crippen molar-refractivity contribution in [2.24, 2.45) is 0 Å². The van der Waals surface area contributed by atoms with Crippen LogP contribution in [0.5, 0.6) is 0 Å². The molecule has 112 valence electrons. The predicted molar refractivity (Wildman–Crippen MR) is 80.2 cm³/mol. The van der Waals surface area contributed by atoms with E-state index in [1.807, 2.05) is 16.8 Å². The van der Waals surface area contributed by atoms with Crippen molar-refractivity contribution in [1.82, 2.24) is 4.90 Å². The molecular formula is C16H17F2NOS. The van der Waals surface area contributed by atoms with Crippen molar-refractivity contribution in [3.63, 3.8) is 0 Å². The van der Waals surface area contributed by atoms with Gasteiger partial charge in [0.15, 0.2) is 0 Å². The summed E-state index contributed by atoms with van der Waals surface area (Å²) >= 11 is 1.59. The molecule has 0 radical (unpaired) electrons. The van der Waals surface area contributed by atoms with E-state index >= 15 is 0 Å². The number of nitrogens with zero attached hydrogens (tertiary/aromatic N) is 1. The van der Waals surface area contributed by atoms with Gasteiger partial charge in [0, 0.05) is 19.0 Å². The minimum atomic E-state index is -0.504. The third kappa shape index (κ3) is 3.88. The van der Waals surface area contributed by atoms with Gasteiger partial charge in [-0.25, -0.2) is 8.78 Å². The predicted octanol–water partition coefficient (Wildman–Crippen LogP) is 4.18. The zero-order chi connectivity index (χ0) is 15.4. The lowest BCUT2D eigenvalue weighted by atomic mass is 10.1. The smallest absolute Gasteiger partial charge is 0.223 e. The van der Waals surface area contributed by atoms with Crippen LogP contribution in [0, 0.1) is 11.6 Å². The lowest BCUT2D eigenvalue weighted by Crippen LogP contribution is -2.30. The highest BCUT2D eigenvalue weighted by Crippen LogP contribution is 2.23. The minimum absolute atomic E-state index is 0.0858. The van der Waals surface area contributed by atoms with E-state index in [1.165, 1.54) is 4.90 Å². The van der Waals surface area contributed by atoms with Gasteiger partial charge >= 0.3 is 0 Å². The summed E-state index contributed by atoms with van der Waals surface area (Å²) in [6.45, 7) is 1.69. The second-order valence-electron chi connectivity index (χ2n) is 4.98. The number of carbonyl (C=O) groups excluding carboxylic acids is 1. The van der Waals surface area contributed by atoms with Crippen molar-refractivity contribution >= 4 is 17.2 Å². The quantitative estimate of drug-likeness (QED) is 0.811. The maximum absolute atomic E-state index is 13.7. The van der Waals surface area contributed by atoms with Crippen LogP contribution < -0.4 is 0 Å². The van der Waals surface area contributed by atoms with Crippen molar-refractivity contribution in [3.05, 3.63) is 57.8 Å². The second-order valence-corrected chi connectivity index (χ2v) is 5.76. The standard InChI is InChI=1S/C16H17F2NOS/c1-11(14-9-13(17)4-5-15(14)18)19(2)16(20)6-3-12-7-8-21-10-12/h4-5,7-11H,3,6H2,1-2H3. The average Bonchev–Trinajstić information content (AvgIpc) is 2.99. The number of thiophene rings is 1. The molecule has 0 bridgehead atoms. The fourth-order valence-corrected chi connectivity index (χ4v) is 2.83. The van der Waals surface area contributed by atoms with Crippen molar-refractivity contribution < 1.29 is 13.6 Å². The second kappa shape index (κ2) is 6.80. The van der Waals surface area contributed by atoms with Crippen molar-refractivity contribution in [2.75, 3.05) is 7.05 Å². The van der Waals surface area contributed by atoms with Gasteiger partial charge in [-0.2, -0.15) is 11.3 Å². The number of benzene rings is 1. The van der Waals surface area contributed by atoms with E-state index in [4.69, 9.17) is 0 Å². The monoisotopic (exact) mass is 309 g/mol. The normalized spacial score (nSPS) is 12.2. The van der Waals surface area contributed by atoms with Crippen molar-refractivity contribution in [3.8, 4) is 0 Å². The first kappa shape index (κ1) is 15.6. The summed E-state index contributed by atoms with van der Waals surface area (Å²) in [5.74, 6) is -1.09. The molecule has 0 aliphatic rings. The molecule has 0 aliphatic carbocycles. The highest BCUT2D eigenvalue weighted by Gasteiger charge is 2.20. The molecule has 21 heavy (non-hydrogen) atoms. The lowest BCUT2D eigenvalue weighted by molar-refractivity contribution is -0.131. The van der Waals surface area contributed by atoms with Crippen LogP contribution in [0.15, 0.2) is 35.0 Å². The Morgan fingerprint density at radius 3 is 2.76 bits per heavy atom. The molecule has 0 saturated heterocycles. The summed E-state index contributed by atoms with van der Waals surface area (Å²) in [5, 5.41) is 3.97. The van der Waals surface area contributed by atoms with E-state index in [2.05, 4.69) is 0 Å². The molecule has 2 nitrogen and oxygen atoms in total. The molecule has 2 aromatic rings. The summed E-state index contributed by atoms with van der Waals surface area (Å²) in [4.78, 5) is 13.6. The highest BCUT2D eigenvalue weighted by molar-refractivity contribution is 7.07. The molecule has 0 aliphatic heterocycles. The van der Waals surface area contributed by atoms with Crippen LogP contribution in [0.25, 0.3) is 0 Å². The number of aryl methyl sites for hydroxylation is 1. The zero-order valence-corrected chi connectivity index (χ0v) is 12.8. The van der Waals surface area contributed by atoms with Gasteiger partial charge in [0.05, 0.1) is 6.04 Å². The van der Waals surface area contributed by atoms with E-state index in [1.54, 1.807) is 25.3 Å². The van der Waals surface area contributed by atoms with Crippen LogP contribution in [0.3, 0.4) is 0 Å². The number of amides is 1. The average molecular weight is 309 g/mol. The van der Waals surface area contributed by atoms with Crippen LogP contribution in [0.2, 0.25) is 0 Å². The minimum Gasteiger partial charge on any atom is -0.339 e. The fraction of sp³-hybridized carbons (Fsp3) is 0.312. The summed E-state index contributed by atoms with van der Waals surface area (Å²) < 4.78 is 27.0. The van der Waals surface area contributed by atoms with Gasteiger partial charge < -0.3 is 4.90 Å². The van der Waals surface area contributed by atoms with Gasteiger partial charge in [-0.05, 0) is 53.9 Å². The maximum atomic E-state index is 13.7. The van der Waals surface area contributed by atoms with E-state index < -0.39 is 17.7 Å². The number of rotatable bonds is 5. The van der Waals surface area contributed by atoms with Gasteiger partial charge in [0.2, 0.25) is 5.91 Å². The van der Waals surface area contributed by atoms with Crippen LogP contribution in [0.1, 0.15) is 30.5 Å². The largest absolute Gasteiger partial charge is 0.339 e. The Hall–Kier alpha value is -1.75. The summed E-state index contributed by atoms with van der Waals surface area (Å²) in [6.07, 6.45) is 1.01. The Morgan fingerprint density at radius 2 is 2.10 bits per heavy atom. The Kier molecular flexibility index (Phi) is 5.07. The molecule has 0 saturated carbocycles. The zero-order valence-electron chi connectivity index (χ0n) is 12.0. The maximum Gasteiger partial charge on any atom is 0.223 e. The van der Waals surface area contributed by atoms with E-state index in [9.17, 15) is 13.6 Å². The van der Waals surface area contributed by atoms with Crippen LogP contribution in [-0.2, 0) is 11.2 Å². The van der Waals surface area contributed by atoms with Gasteiger partial charge in [-0.3, -0.25) is 4.79 Å². The summed E-state index contributed by atoms with van der Waals surface area (Å²) in [5.41, 5.74) is 1.31. The molecular weight excluding hydrogens is 292 g/mol. The SMILES string of the molecule is CC(c1cc(F)ccc1F)N(C)C(=O)CCc1ccsc1. The summed E-state index contributed by atoms with van der Waals surface area (Å²) in [7, 11) is 1.62. The molecule has 1 amide bonds. The van der Waals surface area contributed by atoms with Gasteiger partial charge in [0.1, 0.15) is 11.6 Å². The molecule has 1 unspecified atom stereocenters. The molecule has 1 aromatic heterocycles. The number of halogens is 2. The lowest BCUT2D eigenvalue weighted by Gasteiger charge is -2.25. The Bertz CT molecular complexity index is 613. The van der Waals surface area contributed by atoms with Crippen molar-refractivity contribution in [2.45, 2.75) is 25.8 Å². The first-order valence-corrected chi connectivity index (χ1v) is 7.65. The van der Waals surface area contributed by atoms with Crippen molar-refractivity contribution in [1.29, 1.82) is 0 Å². The number of hydrogen-bond donors (Lipinski definition) is 0. The summed E-state index contributed by atoms with van der Waals surface area (Å²) in [6, 6.07) is 4.78. The third-order valence-electron chi connectivity index (χ3n) is 3.59. The van der Waals surface area contributed by atoms with E-state index in [0.29, 0.717) is 12.8 Å². The number of carbonyl (C=O) groups is 1. The number of hydrogen-bond acceptors (Lipinski definition) is 2. The molecule has 0 fully saturated rings. The first-order chi connectivity index (χ1) is 9.99. The van der Waals surface area contributed by atoms with Crippen LogP contribution in [0.4, 0.5) is 8.78 Å². The Morgan fingerprint density at radius 1 is 1.33 bits per heavy atom. The van der Waals surface area contributed by atoms with Gasteiger partial charge in [-0.1, -0.05) is 0 Å². The van der Waals surface area contributed by atoms with E-state index in [-0.39, 0.29) is 11.5 Å². The molecule has 5 heteroatoms. The fourth-order valence-electron chi connectivity index (χ4n) is 2.12. The third-order valence-corrected chi connectivity index (χ3v) is 4.32. The molecule has 2 rings (SSSR count). The van der Waals surface area contributed by atoms with Gasteiger partial charge in [0.25, 0.3) is 0 Å². The van der Waals surface area contributed by atoms with E-state index in [0.717, 1.165) is 23.8 Å².